The summed E-state index contributed by atoms with van der Waals surface area (Å²) in [5, 5.41) is 2.10. The van der Waals surface area contributed by atoms with Gasteiger partial charge >= 0.3 is 0 Å². The topological polar surface area (TPSA) is 70.0 Å². The van der Waals surface area contributed by atoms with Gasteiger partial charge in [-0.3, -0.25) is 9.97 Å². The first kappa shape index (κ1) is 25.4. The van der Waals surface area contributed by atoms with Gasteiger partial charge in [-0.2, -0.15) is 0 Å². The van der Waals surface area contributed by atoms with Crippen LogP contribution in [0.25, 0.3) is 66.8 Å². The van der Waals surface area contributed by atoms with Crippen LogP contribution in [0.15, 0.2) is 122 Å². The van der Waals surface area contributed by atoms with Gasteiger partial charge in [-0.05, 0) is 83.9 Å². The molecule has 202 valence electrons. The van der Waals surface area contributed by atoms with E-state index in [9.17, 15) is 0 Å². The molecule has 0 aliphatic heterocycles. The zero-order valence-electron chi connectivity index (χ0n) is 23.2. The van der Waals surface area contributed by atoms with Crippen LogP contribution >= 0.6 is 0 Å². The number of aromatic nitrogens is 4. The summed E-state index contributed by atoms with van der Waals surface area (Å²) in [5.74, 6) is 1.66. The Morgan fingerprint density at radius 2 is 0.762 bits per heavy atom. The van der Waals surface area contributed by atoms with Gasteiger partial charge in [-0.1, -0.05) is 36.4 Å². The van der Waals surface area contributed by atoms with Crippen LogP contribution in [-0.2, 0) is 0 Å². The van der Waals surface area contributed by atoms with Gasteiger partial charge in [0.2, 0.25) is 0 Å². The van der Waals surface area contributed by atoms with Crippen molar-refractivity contribution in [3.8, 4) is 56.5 Å². The molecule has 0 bridgehead atoms. The number of hydrogen-bond donors (Lipinski definition) is 0. The van der Waals surface area contributed by atoms with E-state index in [-0.39, 0.29) is 0 Å². The largest absolute Gasteiger partial charge is 0.497 e. The lowest BCUT2D eigenvalue weighted by Crippen LogP contribution is -1.92. The van der Waals surface area contributed by atoms with E-state index in [2.05, 4.69) is 24.3 Å². The molecule has 0 radical (unpaired) electrons. The SMILES string of the molecule is COc1ccc(-c2ccc(-c3ccc4c(ccc5nc(-c6ccc(-c7ccc(OC)cc7)cn6)ccc54)n3)nc2)cc1. The third kappa shape index (κ3) is 4.80. The van der Waals surface area contributed by atoms with Crippen molar-refractivity contribution in [1.82, 2.24) is 19.9 Å². The molecule has 7 aromatic rings. The van der Waals surface area contributed by atoms with Gasteiger partial charge in [0.15, 0.2) is 0 Å². The quantitative estimate of drug-likeness (QED) is 0.196. The molecule has 4 aromatic heterocycles. The fraction of sp³-hybridized carbons (Fsp3) is 0.0556. The van der Waals surface area contributed by atoms with E-state index in [0.29, 0.717) is 0 Å². The third-order valence-electron chi connectivity index (χ3n) is 7.44. The molecule has 0 saturated heterocycles. The smallest absolute Gasteiger partial charge is 0.118 e. The van der Waals surface area contributed by atoms with Crippen molar-refractivity contribution in [2.75, 3.05) is 14.2 Å². The molecule has 0 N–H and O–H groups in total. The van der Waals surface area contributed by atoms with Crippen molar-refractivity contribution in [2.24, 2.45) is 0 Å². The van der Waals surface area contributed by atoms with E-state index in [1.165, 1.54) is 0 Å². The summed E-state index contributed by atoms with van der Waals surface area (Å²) in [6.45, 7) is 0. The predicted octanol–water partition coefficient (Wildman–Crippen LogP) is 8.26. The van der Waals surface area contributed by atoms with Crippen LogP contribution in [0.5, 0.6) is 11.5 Å². The second-order valence-corrected chi connectivity index (χ2v) is 9.91. The van der Waals surface area contributed by atoms with Crippen LogP contribution in [0.4, 0.5) is 0 Å². The predicted molar refractivity (Wildman–Crippen MR) is 167 cm³/mol. The Morgan fingerprint density at radius 1 is 0.381 bits per heavy atom. The molecular weight excluding hydrogens is 520 g/mol. The molecule has 0 atom stereocenters. The van der Waals surface area contributed by atoms with E-state index >= 15 is 0 Å². The second kappa shape index (κ2) is 10.7. The van der Waals surface area contributed by atoms with Crippen molar-refractivity contribution < 1.29 is 9.47 Å². The number of rotatable bonds is 6. The number of benzene rings is 3. The number of pyridine rings is 4. The molecule has 3 aromatic carbocycles. The van der Waals surface area contributed by atoms with Crippen molar-refractivity contribution in [1.29, 1.82) is 0 Å². The van der Waals surface area contributed by atoms with Gasteiger partial charge in [0.25, 0.3) is 0 Å². The second-order valence-electron chi connectivity index (χ2n) is 9.91. The molecule has 0 aliphatic rings. The monoisotopic (exact) mass is 546 g/mol. The van der Waals surface area contributed by atoms with Gasteiger partial charge < -0.3 is 9.47 Å². The molecule has 0 amide bonds. The molecule has 6 nitrogen and oxygen atoms in total. The lowest BCUT2D eigenvalue weighted by Gasteiger charge is -2.09. The van der Waals surface area contributed by atoms with Crippen molar-refractivity contribution in [3.05, 3.63) is 122 Å². The summed E-state index contributed by atoms with van der Waals surface area (Å²) >= 11 is 0. The summed E-state index contributed by atoms with van der Waals surface area (Å²) in [5.41, 5.74) is 9.36. The maximum atomic E-state index is 5.26. The molecule has 0 fully saturated rings. The number of ether oxygens (including phenoxy) is 2. The van der Waals surface area contributed by atoms with Gasteiger partial charge in [0.05, 0.1) is 48.0 Å². The molecule has 0 spiro atoms. The molecule has 0 saturated carbocycles. The minimum absolute atomic E-state index is 0.826. The summed E-state index contributed by atoms with van der Waals surface area (Å²) in [4.78, 5) is 19.2. The van der Waals surface area contributed by atoms with Gasteiger partial charge in [0.1, 0.15) is 11.5 Å². The van der Waals surface area contributed by atoms with Crippen LogP contribution in [0.3, 0.4) is 0 Å². The Hall–Kier alpha value is -5.62. The van der Waals surface area contributed by atoms with Crippen LogP contribution in [0.2, 0.25) is 0 Å². The maximum Gasteiger partial charge on any atom is 0.118 e. The van der Waals surface area contributed by atoms with E-state index in [1.54, 1.807) is 14.2 Å². The highest BCUT2D eigenvalue weighted by atomic mass is 16.5. The number of hydrogen-bond acceptors (Lipinski definition) is 6. The number of fused-ring (bicyclic) bond motifs is 3. The Balaban J connectivity index is 1.14. The molecule has 0 aliphatic carbocycles. The average molecular weight is 547 g/mol. The lowest BCUT2D eigenvalue weighted by molar-refractivity contribution is 0.415. The minimum Gasteiger partial charge on any atom is -0.497 e. The maximum absolute atomic E-state index is 5.26. The summed E-state index contributed by atoms with van der Waals surface area (Å²) in [6, 6.07) is 36.4. The van der Waals surface area contributed by atoms with Crippen molar-refractivity contribution in [3.63, 3.8) is 0 Å². The fourth-order valence-electron chi connectivity index (χ4n) is 5.10. The van der Waals surface area contributed by atoms with Crippen LogP contribution in [0, 0.1) is 0 Å². The zero-order chi connectivity index (χ0) is 28.5. The number of methoxy groups -OCH3 is 2. The third-order valence-corrected chi connectivity index (χ3v) is 7.44. The summed E-state index contributed by atoms with van der Waals surface area (Å²) in [7, 11) is 3.33. The fourth-order valence-corrected chi connectivity index (χ4v) is 5.10. The molecule has 42 heavy (non-hydrogen) atoms. The zero-order valence-corrected chi connectivity index (χ0v) is 23.2. The standard InChI is InChI=1S/C36H26N4O2/c1-41-27-9-3-23(4-10-27)25-7-15-33(37-21-25)35-17-13-29-30-14-18-36(40-32(30)20-19-31(29)39-35)34-16-8-26(22-38-34)24-5-11-28(42-2)12-6-24/h3-22H,1-2H3. The first-order valence-corrected chi connectivity index (χ1v) is 13.6. The van der Waals surface area contributed by atoms with Crippen LogP contribution in [-0.4, -0.2) is 34.2 Å². The van der Waals surface area contributed by atoms with Gasteiger partial charge in [0, 0.05) is 34.3 Å². The van der Waals surface area contributed by atoms with E-state index < -0.39 is 0 Å². The number of nitrogens with zero attached hydrogens (tertiary/aromatic N) is 4. The Labute approximate surface area is 243 Å². The molecule has 4 heterocycles. The molecule has 6 heteroatoms. The first-order valence-electron chi connectivity index (χ1n) is 13.6. The Kier molecular flexibility index (Phi) is 6.49. The summed E-state index contributed by atoms with van der Waals surface area (Å²) < 4.78 is 10.5. The van der Waals surface area contributed by atoms with E-state index in [4.69, 9.17) is 29.4 Å². The summed E-state index contributed by atoms with van der Waals surface area (Å²) in [6.07, 6.45) is 3.76. The average Bonchev–Trinajstić information content (AvgIpc) is 3.08. The highest BCUT2D eigenvalue weighted by Crippen LogP contribution is 2.30. The first-order chi connectivity index (χ1) is 20.7. The van der Waals surface area contributed by atoms with E-state index in [0.717, 1.165) is 78.3 Å². The van der Waals surface area contributed by atoms with Crippen molar-refractivity contribution in [2.45, 2.75) is 0 Å². The molecule has 0 unspecified atom stereocenters. The Morgan fingerprint density at radius 3 is 1.12 bits per heavy atom. The van der Waals surface area contributed by atoms with E-state index in [1.807, 2.05) is 97.3 Å². The van der Waals surface area contributed by atoms with Gasteiger partial charge in [-0.15, -0.1) is 0 Å². The molecular formula is C36H26N4O2. The van der Waals surface area contributed by atoms with Crippen molar-refractivity contribution >= 4 is 21.8 Å². The highest BCUT2D eigenvalue weighted by molar-refractivity contribution is 6.05. The highest BCUT2D eigenvalue weighted by Gasteiger charge is 2.10. The minimum atomic E-state index is 0.826. The van der Waals surface area contributed by atoms with Crippen LogP contribution in [0.1, 0.15) is 0 Å². The normalized spacial score (nSPS) is 11.1. The van der Waals surface area contributed by atoms with Gasteiger partial charge in [-0.25, -0.2) is 9.97 Å². The Bertz CT molecular complexity index is 1870. The van der Waals surface area contributed by atoms with Crippen LogP contribution < -0.4 is 9.47 Å². The molecule has 7 rings (SSSR count). The lowest BCUT2D eigenvalue weighted by atomic mass is 10.0.